The number of nitrogen functional groups attached to an aromatic ring is 1. The van der Waals surface area contributed by atoms with E-state index in [1.165, 1.54) is 7.11 Å². The molecule has 3 N–H and O–H groups in total. The molecule has 5 heteroatoms. The number of hydrogen-bond acceptors (Lipinski definition) is 5. The van der Waals surface area contributed by atoms with Crippen molar-refractivity contribution in [1.82, 2.24) is 0 Å². The monoisotopic (exact) mass is 252 g/mol. The van der Waals surface area contributed by atoms with Crippen LogP contribution in [0.2, 0.25) is 0 Å². The second kappa shape index (κ2) is 6.26. The largest absolute Gasteiger partial charge is 0.465 e. The van der Waals surface area contributed by atoms with Crippen LogP contribution in [0.1, 0.15) is 22.3 Å². The van der Waals surface area contributed by atoms with Gasteiger partial charge in [0, 0.05) is 31.6 Å². The number of ether oxygens (including phenoxy) is 1. The molecule has 0 aliphatic heterocycles. The Labute approximate surface area is 107 Å². The second-order valence-electron chi connectivity index (χ2n) is 4.21. The fourth-order valence-electron chi connectivity index (χ4n) is 1.72. The first-order valence-corrected chi connectivity index (χ1v) is 5.81. The molecule has 0 unspecified atom stereocenters. The van der Waals surface area contributed by atoms with Gasteiger partial charge in [-0.05, 0) is 31.0 Å². The molecule has 0 aromatic heterocycles. The summed E-state index contributed by atoms with van der Waals surface area (Å²) in [6.45, 7) is 2.70. The van der Waals surface area contributed by atoms with Crippen LogP contribution in [-0.2, 0) is 4.74 Å². The van der Waals surface area contributed by atoms with Crippen LogP contribution in [0.15, 0.2) is 12.1 Å². The van der Waals surface area contributed by atoms with Crippen LogP contribution in [-0.4, -0.2) is 38.4 Å². The van der Waals surface area contributed by atoms with Crippen LogP contribution in [0.4, 0.5) is 11.4 Å². The minimum Gasteiger partial charge on any atom is -0.465 e. The summed E-state index contributed by atoms with van der Waals surface area (Å²) in [4.78, 5) is 13.6. The molecule has 0 spiro atoms. The second-order valence-corrected chi connectivity index (χ2v) is 4.21. The number of aliphatic hydroxyl groups is 1. The van der Waals surface area contributed by atoms with Gasteiger partial charge in [-0.15, -0.1) is 0 Å². The third-order valence-electron chi connectivity index (χ3n) is 2.87. The lowest BCUT2D eigenvalue weighted by atomic mass is 10.1. The van der Waals surface area contributed by atoms with Crippen LogP contribution in [0.5, 0.6) is 0 Å². The van der Waals surface area contributed by atoms with Gasteiger partial charge in [0.25, 0.3) is 0 Å². The lowest BCUT2D eigenvalue weighted by molar-refractivity contribution is 0.0602. The molecule has 0 aliphatic carbocycles. The van der Waals surface area contributed by atoms with Crippen molar-refractivity contribution in [1.29, 1.82) is 0 Å². The molecular weight excluding hydrogens is 232 g/mol. The Morgan fingerprint density at radius 1 is 1.50 bits per heavy atom. The number of anilines is 2. The van der Waals surface area contributed by atoms with Crippen LogP contribution < -0.4 is 10.6 Å². The number of rotatable bonds is 5. The SMILES string of the molecule is COC(=O)c1cc(N(C)CCCO)cc(C)c1N. The molecule has 0 heterocycles. The molecule has 1 aromatic carbocycles. The minimum absolute atomic E-state index is 0.141. The van der Waals surface area contributed by atoms with Crippen LogP contribution >= 0.6 is 0 Å². The Kier molecular flexibility index (Phi) is 4.97. The van der Waals surface area contributed by atoms with Crippen molar-refractivity contribution in [2.24, 2.45) is 0 Å². The van der Waals surface area contributed by atoms with Gasteiger partial charge in [-0.25, -0.2) is 4.79 Å². The van der Waals surface area contributed by atoms with E-state index in [-0.39, 0.29) is 6.61 Å². The van der Waals surface area contributed by atoms with E-state index in [1.54, 1.807) is 6.07 Å². The summed E-state index contributed by atoms with van der Waals surface area (Å²) < 4.78 is 4.71. The van der Waals surface area contributed by atoms with E-state index in [9.17, 15) is 4.79 Å². The summed E-state index contributed by atoms with van der Waals surface area (Å²) in [5, 5.41) is 8.82. The Balaban J connectivity index is 3.07. The molecule has 0 saturated heterocycles. The Morgan fingerprint density at radius 2 is 2.17 bits per heavy atom. The number of benzene rings is 1. The number of nitrogens with zero attached hydrogens (tertiary/aromatic N) is 1. The number of aliphatic hydroxyl groups excluding tert-OH is 1. The van der Waals surface area contributed by atoms with Crippen molar-refractivity contribution in [2.75, 3.05) is 37.9 Å². The lowest BCUT2D eigenvalue weighted by Gasteiger charge is -2.21. The quantitative estimate of drug-likeness (QED) is 0.608. The highest BCUT2D eigenvalue weighted by atomic mass is 16.5. The molecule has 0 radical (unpaired) electrons. The topological polar surface area (TPSA) is 75.8 Å². The van der Waals surface area contributed by atoms with E-state index < -0.39 is 5.97 Å². The fraction of sp³-hybridized carbons (Fsp3) is 0.462. The fourth-order valence-corrected chi connectivity index (χ4v) is 1.72. The van der Waals surface area contributed by atoms with Crippen molar-refractivity contribution in [3.63, 3.8) is 0 Å². The predicted molar refractivity (Wildman–Crippen MR) is 71.9 cm³/mol. The Bertz CT molecular complexity index is 432. The maximum absolute atomic E-state index is 11.6. The molecule has 100 valence electrons. The molecule has 0 aliphatic rings. The van der Waals surface area contributed by atoms with Gasteiger partial charge in [-0.3, -0.25) is 0 Å². The maximum atomic E-state index is 11.6. The van der Waals surface area contributed by atoms with E-state index in [1.807, 2.05) is 24.9 Å². The van der Waals surface area contributed by atoms with E-state index in [2.05, 4.69) is 0 Å². The van der Waals surface area contributed by atoms with Gasteiger partial charge in [-0.1, -0.05) is 0 Å². The van der Waals surface area contributed by atoms with Crippen molar-refractivity contribution < 1.29 is 14.6 Å². The number of carbonyl (C=O) groups is 1. The van der Waals surface area contributed by atoms with Gasteiger partial charge in [0.15, 0.2) is 0 Å². The van der Waals surface area contributed by atoms with Crippen molar-refractivity contribution in [2.45, 2.75) is 13.3 Å². The van der Waals surface area contributed by atoms with Gasteiger partial charge >= 0.3 is 5.97 Å². The average molecular weight is 252 g/mol. The van der Waals surface area contributed by atoms with Gasteiger partial charge in [0.2, 0.25) is 0 Å². The van der Waals surface area contributed by atoms with Crippen molar-refractivity contribution >= 4 is 17.3 Å². The van der Waals surface area contributed by atoms with Gasteiger partial charge in [0.1, 0.15) is 0 Å². The summed E-state index contributed by atoms with van der Waals surface area (Å²) in [5.41, 5.74) is 8.41. The third kappa shape index (κ3) is 3.13. The molecule has 0 amide bonds. The van der Waals surface area contributed by atoms with Gasteiger partial charge in [0.05, 0.1) is 12.7 Å². The third-order valence-corrected chi connectivity index (χ3v) is 2.87. The zero-order valence-electron chi connectivity index (χ0n) is 11.1. The maximum Gasteiger partial charge on any atom is 0.340 e. The number of nitrogens with two attached hydrogens (primary N) is 1. The average Bonchev–Trinajstić information content (AvgIpc) is 2.37. The van der Waals surface area contributed by atoms with E-state index >= 15 is 0 Å². The normalized spacial score (nSPS) is 10.2. The minimum atomic E-state index is -0.437. The molecule has 18 heavy (non-hydrogen) atoms. The van der Waals surface area contributed by atoms with Crippen molar-refractivity contribution in [3.05, 3.63) is 23.3 Å². The van der Waals surface area contributed by atoms with E-state index in [0.717, 1.165) is 11.3 Å². The molecule has 0 bridgehead atoms. The standard InChI is InChI=1S/C13H20N2O3/c1-9-7-10(15(2)5-4-6-16)8-11(12(9)14)13(17)18-3/h7-8,16H,4-6,14H2,1-3H3. The zero-order chi connectivity index (χ0) is 13.7. The smallest absolute Gasteiger partial charge is 0.340 e. The van der Waals surface area contributed by atoms with E-state index in [0.29, 0.717) is 24.2 Å². The Hall–Kier alpha value is -1.75. The molecular formula is C13H20N2O3. The molecule has 0 atom stereocenters. The molecule has 1 rings (SSSR count). The first-order chi connectivity index (χ1) is 8.51. The molecule has 0 fully saturated rings. The summed E-state index contributed by atoms with van der Waals surface area (Å²) in [6.07, 6.45) is 0.674. The summed E-state index contributed by atoms with van der Waals surface area (Å²) in [6, 6.07) is 3.63. The van der Waals surface area contributed by atoms with Crippen LogP contribution in [0, 0.1) is 6.92 Å². The number of aryl methyl sites for hydroxylation is 1. The summed E-state index contributed by atoms with van der Waals surface area (Å²) in [7, 11) is 3.24. The number of esters is 1. The number of methoxy groups -OCH3 is 1. The molecule has 5 nitrogen and oxygen atoms in total. The number of carbonyl (C=O) groups excluding carboxylic acids is 1. The molecule has 1 aromatic rings. The van der Waals surface area contributed by atoms with E-state index in [4.69, 9.17) is 15.6 Å². The highest BCUT2D eigenvalue weighted by Crippen LogP contribution is 2.25. The Morgan fingerprint density at radius 3 is 2.72 bits per heavy atom. The first-order valence-electron chi connectivity index (χ1n) is 5.81. The highest BCUT2D eigenvalue weighted by Gasteiger charge is 2.14. The lowest BCUT2D eigenvalue weighted by Crippen LogP contribution is -2.20. The van der Waals surface area contributed by atoms with Crippen LogP contribution in [0.3, 0.4) is 0 Å². The summed E-state index contributed by atoms with van der Waals surface area (Å²) in [5.74, 6) is -0.437. The number of hydrogen-bond donors (Lipinski definition) is 2. The van der Waals surface area contributed by atoms with Crippen molar-refractivity contribution in [3.8, 4) is 0 Å². The highest BCUT2D eigenvalue weighted by molar-refractivity contribution is 5.97. The van der Waals surface area contributed by atoms with Crippen LogP contribution in [0.25, 0.3) is 0 Å². The van der Waals surface area contributed by atoms with Gasteiger partial charge < -0.3 is 20.5 Å². The van der Waals surface area contributed by atoms with Gasteiger partial charge in [-0.2, -0.15) is 0 Å². The first kappa shape index (κ1) is 14.3. The zero-order valence-corrected chi connectivity index (χ0v) is 11.1. The molecule has 0 saturated carbocycles. The predicted octanol–water partition coefficient (Wildman–Crippen LogP) is 1.18. The summed E-state index contributed by atoms with van der Waals surface area (Å²) >= 11 is 0.